The highest BCUT2D eigenvalue weighted by atomic mass is 35.5. The van der Waals surface area contributed by atoms with Crippen LogP contribution in [-0.4, -0.2) is 31.5 Å². The Hall–Kier alpha value is -2.04. The van der Waals surface area contributed by atoms with E-state index in [4.69, 9.17) is 11.6 Å². The Morgan fingerprint density at radius 2 is 1.86 bits per heavy atom. The Kier molecular flexibility index (Phi) is 6.55. The summed E-state index contributed by atoms with van der Waals surface area (Å²) in [4.78, 5) is 16.8. The van der Waals surface area contributed by atoms with Gasteiger partial charge in [0.1, 0.15) is 0 Å². The standard InChI is InChI=1S/C19H24ClN5O3S/c1-11(2)25-29(27,28)14-4-5-16(20)15(10-14)19(26)22-18-12(3)17(23-24-18)13-6-8-21-9-7-13/h4-12,17-18,23-25H,1-3H3,(H,22,26). The number of aromatic nitrogens is 1. The summed E-state index contributed by atoms with van der Waals surface area (Å²) in [5.41, 5.74) is 7.38. The Bertz CT molecular complexity index is 985. The Morgan fingerprint density at radius 3 is 2.52 bits per heavy atom. The van der Waals surface area contributed by atoms with Gasteiger partial charge in [-0.05, 0) is 49.7 Å². The van der Waals surface area contributed by atoms with E-state index in [9.17, 15) is 13.2 Å². The molecule has 2 aromatic rings. The summed E-state index contributed by atoms with van der Waals surface area (Å²) in [6.07, 6.45) is 3.06. The summed E-state index contributed by atoms with van der Waals surface area (Å²) >= 11 is 6.17. The van der Waals surface area contributed by atoms with E-state index in [1.54, 1.807) is 26.2 Å². The third kappa shape index (κ3) is 4.93. The zero-order chi connectivity index (χ0) is 21.2. The molecule has 0 saturated carbocycles. The van der Waals surface area contributed by atoms with Crippen LogP contribution in [0.2, 0.25) is 5.02 Å². The Labute approximate surface area is 175 Å². The summed E-state index contributed by atoms with van der Waals surface area (Å²) in [5.74, 6) is -0.437. The van der Waals surface area contributed by atoms with Gasteiger partial charge in [0, 0.05) is 24.4 Å². The van der Waals surface area contributed by atoms with E-state index in [1.165, 1.54) is 18.2 Å². The van der Waals surface area contributed by atoms with Crippen molar-refractivity contribution in [1.82, 2.24) is 25.9 Å². The van der Waals surface area contributed by atoms with Crippen molar-refractivity contribution in [3.05, 3.63) is 58.9 Å². The number of hydrazine groups is 1. The van der Waals surface area contributed by atoms with Gasteiger partial charge in [0.25, 0.3) is 5.91 Å². The van der Waals surface area contributed by atoms with Gasteiger partial charge in [-0.1, -0.05) is 18.5 Å². The largest absolute Gasteiger partial charge is 0.335 e. The van der Waals surface area contributed by atoms with Crippen LogP contribution in [0.1, 0.15) is 42.7 Å². The van der Waals surface area contributed by atoms with Crippen molar-refractivity contribution in [3.63, 3.8) is 0 Å². The minimum absolute atomic E-state index is 0.0130. The number of carbonyl (C=O) groups is 1. The second kappa shape index (κ2) is 8.76. The molecule has 1 fully saturated rings. The van der Waals surface area contributed by atoms with E-state index in [0.29, 0.717) is 0 Å². The summed E-state index contributed by atoms with van der Waals surface area (Å²) in [6.45, 7) is 5.44. The molecule has 1 aliphatic heterocycles. The van der Waals surface area contributed by atoms with Gasteiger partial charge in [-0.3, -0.25) is 9.78 Å². The molecule has 0 aliphatic carbocycles. The third-order valence-corrected chi connectivity index (χ3v) is 6.67. The fourth-order valence-electron chi connectivity index (χ4n) is 3.20. The number of sulfonamides is 1. The maximum absolute atomic E-state index is 12.8. The highest BCUT2D eigenvalue weighted by Crippen LogP contribution is 2.27. The first-order valence-electron chi connectivity index (χ1n) is 9.23. The molecular weight excluding hydrogens is 414 g/mol. The van der Waals surface area contributed by atoms with Crippen molar-refractivity contribution in [2.45, 2.75) is 43.9 Å². The van der Waals surface area contributed by atoms with Crippen molar-refractivity contribution in [2.75, 3.05) is 0 Å². The van der Waals surface area contributed by atoms with E-state index in [2.05, 4.69) is 25.9 Å². The molecule has 1 amide bonds. The first-order chi connectivity index (χ1) is 13.7. The lowest BCUT2D eigenvalue weighted by Gasteiger charge is -2.20. The van der Waals surface area contributed by atoms with Crippen LogP contribution in [0.15, 0.2) is 47.6 Å². The van der Waals surface area contributed by atoms with Gasteiger partial charge in [-0.2, -0.15) is 0 Å². The molecule has 10 heteroatoms. The number of hydrogen-bond donors (Lipinski definition) is 4. The number of amides is 1. The van der Waals surface area contributed by atoms with Crippen molar-refractivity contribution in [3.8, 4) is 0 Å². The molecule has 2 heterocycles. The fourth-order valence-corrected chi connectivity index (χ4v) is 4.68. The highest BCUT2D eigenvalue weighted by molar-refractivity contribution is 7.89. The number of pyridine rings is 1. The number of nitrogens with zero attached hydrogens (tertiary/aromatic N) is 1. The summed E-state index contributed by atoms with van der Waals surface area (Å²) in [5, 5.41) is 3.05. The van der Waals surface area contributed by atoms with Gasteiger partial charge < -0.3 is 5.32 Å². The van der Waals surface area contributed by atoms with E-state index in [-0.39, 0.29) is 39.6 Å². The van der Waals surface area contributed by atoms with Crippen LogP contribution in [0.25, 0.3) is 0 Å². The lowest BCUT2D eigenvalue weighted by atomic mass is 9.95. The molecular formula is C19H24ClN5O3S. The van der Waals surface area contributed by atoms with Crippen LogP contribution < -0.4 is 20.9 Å². The number of carbonyl (C=O) groups excluding carboxylic acids is 1. The average Bonchev–Trinajstić information content (AvgIpc) is 3.02. The van der Waals surface area contributed by atoms with Gasteiger partial charge in [0.05, 0.1) is 27.7 Å². The van der Waals surface area contributed by atoms with E-state index >= 15 is 0 Å². The number of nitrogens with one attached hydrogen (secondary N) is 4. The van der Waals surface area contributed by atoms with Gasteiger partial charge in [0.2, 0.25) is 10.0 Å². The zero-order valence-electron chi connectivity index (χ0n) is 16.3. The van der Waals surface area contributed by atoms with Crippen molar-refractivity contribution >= 4 is 27.5 Å². The van der Waals surface area contributed by atoms with Crippen LogP contribution in [-0.2, 0) is 10.0 Å². The van der Waals surface area contributed by atoms with Gasteiger partial charge in [-0.25, -0.2) is 24.0 Å². The summed E-state index contributed by atoms with van der Waals surface area (Å²) < 4.78 is 27.3. The molecule has 3 rings (SSSR count). The molecule has 4 N–H and O–H groups in total. The first kappa shape index (κ1) is 21.7. The molecule has 0 spiro atoms. The molecule has 8 nitrogen and oxygen atoms in total. The topological polar surface area (TPSA) is 112 Å². The van der Waals surface area contributed by atoms with E-state index in [0.717, 1.165) is 5.56 Å². The lowest BCUT2D eigenvalue weighted by Crippen LogP contribution is -2.46. The summed E-state index contributed by atoms with van der Waals surface area (Å²) in [6, 6.07) is 7.61. The van der Waals surface area contributed by atoms with Crippen LogP contribution in [0.4, 0.5) is 0 Å². The Balaban J connectivity index is 1.77. The van der Waals surface area contributed by atoms with E-state index < -0.39 is 15.9 Å². The second-order valence-electron chi connectivity index (χ2n) is 7.27. The monoisotopic (exact) mass is 437 g/mol. The van der Waals surface area contributed by atoms with Gasteiger partial charge >= 0.3 is 0 Å². The van der Waals surface area contributed by atoms with Crippen LogP contribution in [0.3, 0.4) is 0 Å². The highest BCUT2D eigenvalue weighted by Gasteiger charge is 2.34. The third-order valence-electron chi connectivity index (χ3n) is 4.68. The van der Waals surface area contributed by atoms with Gasteiger partial charge in [-0.15, -0.1) is 0 Å². The number of hydrogen-bond acceptors (Lipinski definition) is 6. The Morgan fingerprint density at radius 1 is 1.17 bits per heavy atom. The maximum atomic E-state index is 12.8. The molecule has 3 unspecified atom stereocenters. The van der Waals surface area contributed by atoms with Gasteiger partial charge in [0.15, 0.2) is 0 Å². The number of halogens is 1. The molecule has 0 radical (unpaired) electrons. The lowest BCUT2D eigenvalue weighted by molar-refractivity contribution is 0.0922. The summed E-state index contributed by atoms with van der Waals surface area (Å²) in [7, 11) is -3.74. The molecule has 29 heavy (non-hydrogen) atoms. The molecule has 1 aromatic carbocycles. The van der Waals surface area contributed by atoms with E-state index in [1.807, 2.05) is 19.1 Å². The normalized spacial score (nSPS) is 22.0. The maximum Gasteiger partial charge on any atom is 0.254 e. The number of rotatable bonds is 6. The zero-order valence-corrected chi connectivity index (χ0v) is 17.9. The molecule has 1 aliphatic rings. The van der Waals surface area contributed by atoms with Crippen molar-refractivity contribution < 1.29 is 13.2 Å². The molecule has 0 bridgehead atoms. The predicted octanol–water partition coefficient (Wildman–Crippen LogP) is 1.96. The minimum atomic E-state index is -3.74. The molecule has 1 saturated heterocycles. The quantitative estimate of drug-likeness (QED) is 0.549. The SMILES string of the molecule is CC(C)NS(=O)(=O)c1ccc(Cl)c(C(=O)NC2NNC(c3ccncc3)C2C)c1. The van der Waals surface area contributed by atoms with Crippen LogP contribution in [0.5, 0.6) is 0 Å². The van der Waals surface area contributed by atoms with Crippen molar-refractivity contribution in [1.29, 1.82) is 0 Å². The molecule has 1 aromatic heterocycles. The number of benzene rings is 1. The smallest absolute Gasteiger partial charge is 0.254 e. The average molecular weight is 438 g/mol. The molecule has 3 atom stereocenters. The predicted molar refractivity (Wildman–Crippen MR) is 111 cm³/mol. The minimum Gasteiger partial charge on any atom is -0.335 e. The van der Waals surface area contributed by atoms with Crippen LogP contribution in [0, 0.1) is 5.92 Å². The van der Waals surface area contributed by atoms with Crippen molar-refractivity contribution in [2.24, 2.45) is 5.92 Å². The second-order valence-corrected chi connectivity index (χ2v) is 9.40. The van der Waals surface area contributed by atoms with Crippen LogP contribution >= 0.6 is 11.6 Å². The first-order valence-corrected chi connectivity index (χ1v) is 11.1. The molecule has 156 valence electrons. The fraction of sp³-hybridized carbons (Fsp3) is 0.368.